The molecule has 3 rings (SSSR count). The largest absolute Gasteiger partial charge is 0.493 e. The van der Waals surface area contributed by atoms with Gasteiger partial charge in [-0.3, -0.25) is 4.79 Å². The Morgan fingerprint density at radius 2 is 1.77 bits per heavy atom. The number of anilines is 2. The summed E-state index contributed by atoms with van der Waals surface area (Å²) in [4.78, 5) is 14.7. The number of nitrogens with zero attached hydrogens (tertiary/aromatic N) is 1. The second-order valence-corrected chi connectivity index (χ2v) is 7.82. The van der Waals surface area contributed by atoms with Gasteiger partial charge in [-0.25, -0.2) is 0 Å². The Hall–Kier alpha value is -2.99. The molecule has 1 amide bonds. The summed E-state index contributed by atoms with van der Waals surface area (Å²) in [7, 11) is 7.36. The van der Waals surface area contributed by atoms with Gasteiger partial charge in [-0.15, -0.1) is 0 Å². The van der Waals surface area contributed by atoms with Crippen molar-refractivity contribution < 1.29 is 14.3 Å². The Labute approximate surface area is 178 Å². The lowest BCUT2D eigenvalue weighted by atomic mass is 10.0. The van der Waals surface area contributed by atoms with Gasteiger partial charge in [-0.05, 0) is 70.2 Å². The first-order valence-corrected chi connectivity index (χ1v) is 10.2. The second-order valence-electron chi connectivity index (χ2n) is 7.82. The van der Waals surface area contributed by atoms with Gasteiger partial charge in [0.2, 0.25) is 0 Å². The highest BCUT2D eigenvalue weighted by Crippen LogP contribution is 2.40. The highest BCUT2D eigenvalue weighted by molar-refractivity contribution is 6.31. The van der Waals surface area contributed by atoms with E-state index in [-0.39, 0.29) is 11.9 Å². The van der Waals surface area contributed by atoms with Crippen LogP contribution >= 0.6 is 0 Å². The zero-order valence-electron chi connectivity index (χ0n) is 18.4. The van der Waals surface area contributed by atoms with Crippen molar-refractivity contribution >= 4 is 22.9 Å². The van der Waals surface area contributed by atoms with E-state index in [1.807, 2.05) is 19.1 Å². The molecule has 0 bridgehead atoms. The molecule has 1 aliphatic heterocycles. The Bertz CT molecular complexity index is 920. The molecule has 0 saturated heterocycles. The summed E-state index contributed by atoms with van der Waals surface area (Å²) < 4.78 is 10.7. The summed E-state index contributed by atoms with van der Waals surface area (Å²) in [5.41, 5.74) is 4.55. The molecule has 1 unspecified atom stereocenters. The molecule has 0 aromatic heterocycles. The van der Waals surface area contributed by atoms with Gasteiger partial charge in [0.15, 0.2) is 11.5 Å². The zero-order chi connectivity index (χ0) is 21.7. The molecule has 6 nitrogen and oxygen atoms in total. The minimum Gasteiger partial charge on any atom is -0.493 e. The van der Waals surface area contributed by atoms with E-state index in [9.17, 15) is 4.79 Å². The van der Waals surface area contributed by atoms with Crippen LogP contribution < -0.4 is 20.1 Å². The summed E-state index contributed by atoms with van der Waals surface area (Å²) in [6.45, 7) is 3.12. The van der Waals surface area contributed by atoms with Crippen molar-refractivity contribution in [3.8, 4) is 11.5 Å². The first-order valence-electron chi connectivity index (χ1n) is 10.2. The molecule has 0 saturated carbocycles. The van der Waals surface area contributed by atoms with Crippen LogP contribution in [0.25, 0.3) is 5.57 Å². The number of methoxy groups -OCH3 is 2. The minimum absolute atomic E-state index is 0.0237. The SMILES string of the molecule is COc1cc2c(cc1OC)C(=CC(C)Nc1ccc(CCCN(C)C)cc1)C(=O)N2. The number of hydrogen-bond donors (Lipinski definition) is 2. The maximum Gasteiger partial charge on any atom is 0.256 e. The predicted molar refractivity (Wildman–Crippen MR) is 123 cm³/mol. The summed E-state index contributed by atoms with van der Waals surface area (Å²) in [5, 5.41) is 6.36. The molecule has 1 heterocycles. The molecule has 1 aliphatic rings. The molecule has 160 valence electrons. The summed E-state index contributed by atoms with van der Waals surface area (Å²) in [6, 6.07) is 12.1. The van der Waals surface area contributed by atoms with E-state index in [0.29, 0.717) is 17.1 Å². The number of hydrogen-bond acceptors (Lipinski definition) is 5. The number of nitrogens with one attached hydrogen (secondary N) is 2. The van der Waals surface area contributed by atoms with Gasteiger partial charge in [0, 0.05) is 28.9 Å². The standard InChI is InChI=1S/C24H31N3O3/c1-16(25-18-10-8-17(9-11-18)7-6-12-27(2)3)13-20-19-14-22(29-4)23(30-5)15-21(19)26-24(20)28/h8-11,13-16,25H,6-7,12H2,1-5H3,(H,26,28). The van der Waals surface area contributed by atoms with Crippen LogP contribution in [0.2, 0.25) is 0 Å². The quantitative estimate of drug-likeness (QED) is 0.612. The maximum absolute atomic E-state index is 12.5. The van der Waals surface area contributed by atoms with E-state index in [4.69, 9.17) is 9.47 Å². The van der Waals surface area contributed by atoms with Gasteiger partial charge < -0.3 is 25.0 Å². The Balaban J connectivity index is 1.70. The molecular formula is C24H31N3O3. The van der Waals surface area contributed by atoms with E-state index in [1.54, 1.807) is 20.3 Å². The summed E-state index contributed by atoms with van der Waals surface area (Å²) in [6.07, 6.45) is 4.16. The van der Waals surface area contributed by atoms with Crippen molar-refractivity contribution in [2.24, 2.45) is 0 Å². The van der Waals surface area contributed by atoms with E-state index < -0.39 is 0 Å². The van der Waals surface area contributed by atoms with E-state index in [0.717, 1.165) is 36.3 Å². The van der Waals surface area contributed by atoms with Crippen molar-refractivity contribution in [1.82, 2.24) is 4.90 Å². The number of rotatable bonds is 9. The third-order valence-electron chi connectivity index (χ3n) is 5.14. The fourth-order valence-electron chi connectivity index (χ4n) is 3.60. The first-order chi connectivity index (χ1) is 14.4. The van der Waals surface area contributed by atoms with Gasteiger partial charge in [0.05, 0.1) is 19.9 Å². The number of carbonyl (C=O) groups is 1. The molecule has 2 N–H and O–H groups in total. The highest BCUT2D eigenvalue weighted by atomic mass is 16.5. The molecule has 0 fully saturated rings. The number of ether oxygens (including phenoxy) is 2. The molecular weight excluding hydrogens is 378 g/mol. The average molecular weight is 410 g/mol. The summed E-state index contributed by atoms with van der Waals surface area (Å²) in [5.74, 6) is 1.07. The van der Waals surface area contributed by atoms with Crippen LogP contribution in [0.5, 0.6) is 11.5 Å². The fourth-order valence-corrected chi connectivity index (χ4v) is 3.60. The molecule has 6 heteroatoms. The molecule has 30 heavy (non-hydrogen) atoms. The van der Waals surface area contributed by atoms with Crippen LogP contribution in [-0.2, 0) is 11.2 Å². The van der Waals surface area contributed by atoms with Crippen LogP contribution in [0.15, 0.2) is 42.5 Å². The number of amides is 1. The number of benzene rings is 2. The zero-order valence-corrected chi connectivity index (χ0v) is 18.4. The number of aryl methyl sites for hydroxylation is 1. The summed E-state index contributed by atoms with van der Waals surface area (Å²) >= 11 is 0. The Morgan fingerprint density at radius 1 is 1.10 bits per heavy atom. The van der Waals surface area contributed by atoms with Crippen LogP contribution in [0.4, 0.5) is 11.4 Å². The lowest BCUT2D eigenvalue weighted by molar-refractivity contribution is -0.110. The third-order valence-corrected chi connectivity index (χ3v) is 5.14. The highest BCUT2D eigenvalue weighted by Gasteiger charge is 2.27. The minimum atomic E-state index is -0.120. The molecule has 1 atom stereocenters. The van der Waals surface area contributed by atoms with Gasteiger partial charge in [-0.1, -0.05) is 12.1 Å². The Morgan fingerprint density at radius 3 is 2.40 bits per heavy atom. The second kappa shape index (κ2) is 9.67. The van der Waals surface area contributed by atoms with Gasteiger partial charge >= 0.3 is 0 Å². The van der Waals surface area contributed by atoms with Crippen LogP contribution in [0.3, 0.4) is 0 Å². The number of fused-ring (bicyclic) bond motifs is 1. The van der Waals surface area contributed by atoms with Crippen molar-refractivity contribution in [3.05, 3.63) is 53.6 Å². The molecule has 0 aliphatic carbocycles. The van der Waals surface area contributed by atoms with Crippen LogP contribution in [0, 0.1) is 0 Å². The van der Waals surface area contributed by atoms with E-state index in [1.165, 1.54) is 5.56 Å². The van der Waals surface area contributed by atoms with Crippen molar-refractivity contribution in [2.45, 2.75) is 25.8 Å². The van der Waals surface area contributed by atoms with Crippen molar-refractivity contribution in [3.63, 3.8) is 0 Å². The maximum atomic E-state index is 12.5. The number of carbonyl (C=O) groups excluding carboxylic acids is 1. The molecule has 0 radical (unpaired) electrons. The molecule has 0 spiro atoms. The lowest BCUT2D eigenvalue weighted by Crippen LogP contribution is -2.15. The van der Waals surface area contributed by atoms with E-state index >= 15 is 0 Å². The monoisotopic (exact) mass is 409 g/mol. The first kappa shape index (κ1) is 21.7. The topological polar surface area (TPSA) is 62.8 Å². The van der Waals surface area contributed by atoms with E-state index in [2.05, 4.69) is 53.9 Å². The van der Waals surface area contributed by atoms with Gasteiger partial charge in [0.1, 0.15) is 0 Å². The Kier molecular flexibility index (Phi) is 7.00. The molecule has 2 aromatic rings. The van der Waals surface area contributed by atoms with Crippen molar-refractivity contribution in [2.75, 3.05) is 45.5 Å². The smallest absolute Gasteiger partial charge is 0.256 e. The van der Waals surface area contributed by atoms with Crippen LogP contribution in [0.1, 0.15) is 24.5 Å². The molecule has 2 aromatic carbocycles. The normalized spacial score (nSPS) is 15.1. The third kappa shape index (κ3) is 5.13. The van der Waals surface area contributed by atoms with Gasteiger partial charge in [0.25, 0.3) is 5.91 Å². The lowest BCUT2D eigenvalue weighted by Gasteiger charge is -2.14. The van der Waals surface area contributed by atoms with Crippen molar-refractivity contribution in [1.29, 1.82) is 0 Å². The fraction of sp³-hybridized carbons (Fsp3) is 0.375. The predicted octanol–water partition coefficient (Wildman–Crippen LogP) is 4.03. The van der Waals surface area contributed by atoms with Gasteiger partial charge in [-0.2, -0.15) is 0 Å². The average Bonchev–Trinajstić information content (AvgIpc) is 3.02. The van der Waals surface area contributed by atoms with Crippen LogP contribution in [-0.4, -0.2) is 51.7 Å².